The highest BCUT2D eigenvalue weighted by molar-refractivity contribution is 14.0. The van der Waals surface area contributed by atoms with Crippen LogP contribution in [-0.2, 0) is 13.2 Å². The Morgan fingerprint density at radius 1 is 1.09 bits per heavy atom. The number of ether oxygens (including phenoxy) is 1. The van der Waals surface area contributed by atoms with Crippen LogP contribution in [0.3, 0.4) is 0 Å². The van der Waals surface area contributed by atoms with Gasteiger partial charge in [-0.25, -0.2) is 4.99 Å². The zero-order valence-corrected chi connectivity index (χ0v) is 15.7. The van der Waals surface area contributed by atoms with Crippen LogP contribution < -0.4 is 15.8 Å². The summed E-state index contributed by atoms with van der Waals surface area (Å²) in [6.07, 6.45) is 1.02. The minimum Gasteiger partial charge on any atom is -0.489 e. The van der Waals surface area contributed by atoms with Gasteiger partial charge in [-0.2, -0.15) is 0 Å². The minimum absolute atomic E-state index is 0. The topological polar surface area (TPSA) is 59.6 Å². The van der Waals surface area contributed by atoms with Gasteiger partial charge in [-0.15, -0.1) is 24.0 Å². The van der Waals surface area contributed by atoms with Gasteiger partial charge in [0.05, 0.1) is 6.54 Å². The normalized spacial score (nSPS) is 10.7. The van der Waals surface area contributed by atoms with Crippen molar-refractivity contribution in [1.29, 1.82) is 0 Å². The molecule has 0 saturated carbocycles. The molecule has 0 aromatic heterocycles. The Morgan fingerprint density at radius 3 is 2.52 bits per heavy atom. The molecule has 23 heavy (non-hydrogen) atoms. The first-order chi connectivity index (χ1) is 10.8. The molecule has 2 aromatic rings. The lowest BCUT2D eigenvalue weighted by molar-refractivity contribution is 0.303. The minimum atomic E-state index is 0. The third-order valence-electron chi connectivity index (χ3n) is 3.19. The number of hydrogen-bond acceptors (Lipinski definition) is 2. The number of halogens is 1. The molecule has 2 rings (SSSR count). The van der Waals surface area contributed by atoms with Gasteiger partial charge in [-0.1, -0.05) is 55.5 Å². The summed E-state index contributed by atoms with van der Waals surface area (Å²) in [7, 11) is 0. The molecule has 2 aromatic carbocycles. The molecular weight excluding hydrogens is 401 g/mol. The molecule has 4 nitrogen and oxygen atoms in total. The van der Waals surface area contributed by atoms with Crippen LogP contribution in [0, 0.1) is 0 Å². The van der Waals surface area contributed by atoms with Gasteiger partial charge in [0.1, 0.15) is 12.4 Å². The SMILES string of the molecule is CCCNC(N)=NCc1ccccc1OCc1ccccc1.I. The molecular formula is C18H24IN3O. The number of nitrogens with zero attached hydrogens (tertiary/aromatic N) is 1. The highest BCUT2D eigenvalue weighted by Gasteiger charge is 2.03. The van der Waals surface area contributed by atoms with E-state index in [0.717, 1.165) is 29.8 Å². The van der Waals surface area contributed by atoms with E-state index in [0.29, 0.717) is 19.1 Å². The average Bonchev–Trinajstić information content (AvgIpc) is 2.58. The number of hydrogen-bond donors (Lipinski definition) is 2. The molecule has 0 radical (unpaired) electrons. The molecule has 0 unspecified atom stereocenters. The Balaban J connectivity index is 0.00000264. The summed E-state index contributed by atoms with van der Waals surface area (Å²) in [4.78, 5) is 4.35. The monoisotopic (exact) mass is 425 g/mol. The number of nitrogens with two attached hydrogens (primary N) is 1. The van der Waals surface area contributed by atoms with Crippen molar-refractivity contribution in [2.24, 2.45) is 10.7 Å². The summed E-state index contributed by atoms with van der Waals surface area (Å²) in [5.41, 5.74) is 7.99. The number of nitrogens with one attached hydrogen (secondary N) is 1. The molecule has 124 valence electrons. The van der Waals surface area contributed by atoms with Gasteiger partial charge in [0.2, 0.25) is 0 Å². The highest BCUT2D eigenvalue weighted by atomic mass is 127. The van der Waals surface area contributed by atoms with E-state index in [1.165, 1.54) is 0 Å². The van der Waals surface area contributed by atoms with Gasteiger partial charge in [-0.3, -0.25) is 0 Å². The second-order valence-electron chi connectivity index (χ2n) is 5.01. The highest BCUT2D eigenvalue weighted by Crippen LogP contribution is 2.20. The summed E-state index contributed by atoms with van der Waals surface area (Å²) in [6.45, 7) is 3.98. The van der Waals surface area contributed by atoms with Gasteiger partial charge in [0.15, 0.2) is 5.96 Å². The van der Waals surface area contributed by atoms with Crippen LogP contribution in [0.5, 0.6) is 5.75 Å². The smallest absolute Gasteiger partial charge is 0.188 e. The van der Waals surface area contributed by atoms with E-state index in [9.17, 15) is 0 Å². The van der Waals surface area contributed by atoms with Gasteiger partial charge < -0.3 is 15.8 Å². The lowest BCUT2D eigenvalue weighted by atomic mass is 10.2. The number of aliphatic imine (C=N–C) groups is 1. The quantitative estimate of drug-likeness (QED) is 0.404. The Bertz CT molecular complexity index is 602. The molecule has 0 atom stereocenters. The number of rotatable bonds is 7. The van der Waals surface area contributed by atoms with Gasteiger partial charge in [0, 0.05) is 12.1 Å². The van der Waals surface area contributed by atoms with Crippen molar-refractivity contribution in [3.05, 3.63) is 65.7 Å². The predicted molar refractivity (Wildman–Crippen MR) is 106 cm³/mol. The zero-order chi connectivity index (χ0) is 15.6. The molecule has 0 spiro atoms. The van der Waals surface area contributed by atoms with Crippen molar-refractivity contribution in [3.63, 3.8) is 0 Å². The van der Waals surface area contributed by atoms with Crippen molar-refractivity contribution in [3.8, 4) is 5.75 Å². The van der Waals surface area contributed by atoms with Gasteiger partial charge in [-0.05, 0) is 18.1 Å². The summed E-state index contributed by atoms with van der Waals surface area (Å²) in [6, 6.07) is 18.0. The van der Waals surface area contributed by atoms with E-state index in [4.69, 9.17) is 10.5 Å². The van der Waals surface area contributed by atoms with Crippen molar-refractivity contribution < 1.29 is 4.74 Å². The Labute approximate surface area is 155 Å². The number of benzene rings is 2. The summed E-state index contributed by atoms with van der Waals surface area (Å²) >= 11 is 0. The zero-order valence-electron chi connectivity index (χ0n) is 13.4. The van der Waals surface area contributed by atoms with E-state index >= 15 is 0 Å². The summed E-state index contributed by atoms with van der Waals surface area (Å²) < 4.78 is 5.91. The fourth-order valence-corrected chi connectivity index (χ4v) is 1.99. The first-order valence-electron chi connectivity index (χ1n) is 7.58. The van der Waals surface area contributed by atoms with E-state index < -0.39 is 0 Å². The molecule has 0 saturated heterocycles. The molecule has 0 bridgehead atoms. The van der Waals surface area contributed by atoms with E-state index in [-0.39, 0.29) is 24.0 Å². The molecule has 5 heteroatoms. The van der Waals surface area contributed by atoms with E-state index in [1.54, 1.807) is 0 Å². The maximum absolute atomic E-state index is 5.91. The van der Waals surface area contributed by atoms with E-state index in [2.05, 4.69) is 17.2 Å². The summed E-state index contributed by atoms with van der Waals surface area (Å²) in [5, 5.41) is 3.07. The maximum Gasteiger partial charge on any atom is 0.188 e. The number of para-hydroxylation sites is 1. The van der Waals surface area contributed by atoms with Crippen LogP contribution in [0.1, 0.15) is 24.5 Å². The third-order valence-corrected chi connectivity index (χ3v) is 3.19. The Morgan fingerprint density at radius 2 is 1.78 bits per heavy atom. The molecule has 0 fully saturated rings. The molecule has 0 heterocycles. The van der Waals surface area contributed by atoms with Crippen LogP contribution in [-0.4, -0.2) is 12.5 Å². The number of guanidine groups is 1. The van der Waals surface area contributed by atoms with Crippen LogP contribution >= 0.6 is 24.0 Å². The lowest BCUT2D eigenvalue weighted by Gasteiger charge is -2.11. The maximum atomic E-state index is 5.91. The van der Waals surface area contributed by atoms with Crippen molar-refractivity contribution in [1.82, 2.24) is 5.32 Å². The Hall–Kier alpha value is -1.76. The molecule has 0 aliphatic carbocycles. The second kappa shape index (κ2) is 10.9. The van der Waals surface area contributed by atoms with Crippen LogP contribution in [0.15, 0.2) is 59.6 Å². The van der Waals surface area contributed by atoms with Gasteiger partial charge in [0.25, 0.3) is 0 Å². The Kier molecular flexibility index (Phi) is 9.12. The first kappa shape index (κ1) is 19.3. The standard InChI is InChI=1S/C18H23N3O.HI/c1-2-12-20-18(19)21-13-16-10-6-7-11-17(16)22-14-15-8-4-3-5-9-15;/h3-11H,2,12-14H2,1H3,(H3,19,20,21);1H. The lowest BCUT2D eigenvalue weighted by Crippen LogP contribution is -2.32. The predicted octanol–water partition coefficient (Wildman–Crippen LogP) is 3.70. The van der Waals surface area contributed by atoms with Gasteiger partial charge >= 0.3 is 0 Å². The molecule has 0 amide bonds. The second-order valence-corrected chi connectivity index (χ2v) is 5.01. The molecule has 0 aliphatic rings. The molecule has 0 aliphatic heterocycles. The molecule has 3 N–H and O–H groups in total. The van der Waals surface area contributed by atoms with E-state index in [1.807, 2.05) is 54.6 Å². The van der Waals surface area contributed by atoms with Crippen molar-refractivity contribution in [2.75, 3.05) is 6.54 Å². The van der Waals surface area contributed by atoms with Crippen molar-refractivity contribution in [2.45, 2.75) is 26.5 Å². The van der Waals surface area contributed by atoms with Crippen LogP contribution in [0.25, 0.3) is 0 Å². The van der Waals surface area contributed by atoms with Crippen LogP contribution in [0.2, 0.25) is 0 Å². The first-order valence-corrected chi connectivity index (χ1v) is 7.58. The fraction of sp³-hybridized carbons (Fsp3) is 0.278. The summed E-state index contributed by atoms with van der Waals surface area (Å²) in [5.74, 6) is 1.32. The van der Waals surface area contributed by atoms with Crippen LogP contribution in [0.4, 0.5) is 0 Å². The third kappa shape index (κ3) is 6.90. The van der Waals surface area contributed by atoms with Crippen molar-refractivity contribution >= 4 is 29.9 Å². The largest absolute Gasteiger partial charge is 0.489 e. The average molecular weight is 425 g/mol. The fourth-order valence-electron chi connectivity index (χ4n) is 1.99.